The first-order valence-electron chi connectivity index (χ1n) is 8.50. The van der Waals surface area contributed by atoms with E-state index in [0.29, 0.717) is 30.9 Å². The van der Waals surface area contributed by atoms with Gasteiger partial charge >= 0.3 is 0 Å². The third kappa shape index (κ3) is 4.10. The Morgan fingerprint density at radius 2 is 2.00 bits per heavy atom. The number of nitrogens with zero attached hydrogens (tertiary/aromatic N) is 1. The number of carbonyl (C=O) groups is 2. The summed E-state index contributed by atoms with van der Waals surface area (Å²) in [6.45, 7) is 5.82. The van der Waals surface area contributed by atoms with Crippen molar-refractivity contribution in [3.8, 4) is 0 Å². The Morgan fingerprint density at radius 3 is 2.65 bits per heavy atom. The average Bonchev–Trinajstić information content (AvgIpc) is 3.05. The Balaban J connectivity index is 2.08. The average molecular weight is 317 g/mol. The Hall–Kier alpha value is -1.88. The minimum absolute atomic E-state index is 0.00759. The molecule has 0 heterocycles. The highest BCUT2D eigenvalue weighted by atomic mass is 16.2. The molecular weight excluding hydrogens is 290 g/mol. The van der Waals surface area contributed by atoms with E-state index in [9.17, 15) is 9.59 Å². The van der Waals surface area contributed by atoms with Crippen LogP contribution in [0.2, 0.25) is 0 Å². The molecule has 0 aliphatic heterocycles. The van der Waals surface area contributed by atoms with Gasteiger partial charge in [0.05, 0.1) is 0 Å². The highest BCUT2D eigenvalue weighted by molar-refractivity contribution is 5.97. The van der Waals surface area contributed by atoms with Crippen LogP contribution in [0.1, 0.15) is 43.5 Å². The maximum Gasteiger partial charge on any atom is 0.253 e. The third-order valence-electron chi connectivity index (χ3n) is 4.73. The molecule has 2 atom stereocenters. The minimum Gasteiger partial charge on any atom is -0.339 e. The summed E-state index contributed by atoms with van der Waals surface area (Å²) < 4.78 is 0. The molecule has 0 aromatic heterocycles. The molecule has 1 aromatic rings. The first-order chi connectivity index (χ1) is 11.1. The van der Waals surface area contributed by atoms with Crippen LogP contribution >= 0.6 is 0 Å². The number of carbonyl (C=O) groups excluding carboxylic acids is 2. The van der Waals surface area contributed by atoms with E-state index in [1.807, 2.05) is 19.9 Å². The summed E-state index contributed by atoms with van der Waals surface area (Å²) in [4.78, 5) is 26.6. The van der Waals surface area contributed by atoms with Crippen LogP contribution in [0.3, 0.4) is 0 Å². The van der Waals surface area contributed by atoms with Crippen LogP contribution in [0, 0.1) is 11.8 Å². The molecule has 0 spiro atoms. The van der Waals surface area contributed by atoms with Crippen molar-refractivity contribution in [2.24, 2.45) is 17.6 Å². The predicted octanol–water partition coefficient (Wildman–Crippen LogP) is 2.48. The van der Waals surface area contributed by atoms with Crippen molar-refractivity contribution in [2.45, 2.75) is 33.1 Å². The number of rotatable bonds is 6. The van der Waals surface area contributed by atoms with Gasteiger partial charge < -0.3 is 16.0 Å². The maximum absolute atomic E-state index is 12.4. The molecule has 1 aliphatic carbocycles. The lowest BCUT2D eigenvalue weighted by molar-refractivity contribution is -0.120. The van der Waals surface area contributed by atoms with E-state index in [2.05, 4.69) is 5.32 Å². The van der Waals surface area contributed by atoms with E-state index < -0.39 is 0 Å². The van der Waals surface area contributed by atoms with E-state index in [0.717, 1.165) is 19.3 Å². The quantitative estimate of drug-likeness (QED) is 0.846. The molecular formula is C18H27N3O2. The van der Waals surface area contributed by atoms with Crippen molar-refractivity contribution < 1.29 is 9.59 Å². The number of hydrogen-bond donors (Lipinski definition) is 2. The van der Waals surface area contributed by atoms with Crippen LogP contribution < -0.4 is 11.1 Å². The van der Waals surface area contributed by atoms with Gasteiger partial charge in [-0.15, -0.1) is 0 Å². The third-order valence-corrected chi connectivity index (χ3v) is 4.73. The zero-order valence-corrected chi connectivity index (χ0v) is 14.0. The van der Waals surface area contributed by atoms with Gasteiger partial charge in [0, 0.05) is 30.3 Å². The SMILES string of the molecule is CCN(CC)C(=O)c1cccc(NC(=O)[C@@H]2CCC[C@@H]2CN)c1. The normalized spacial score (nSPS) is 20.3. The van der Waals surface area contributed by atoms with E-state index in [1.54, 1.807) is 23.1 Å². The van der Waals surface area contributed by atoms with Crippen LogP contribution in [0.5, 0.6) is 0 Å². The van der Waals surface area contributed by atoms with Gasteiger partial charge in [0.1, 0.15) is 0 Å². The van der Waals surface area contributed by atoms with Gasteiger partial charge in [-0.3, -0.25) is 9.59 Å². The lowest BCUT2D eigenvalue weighted by atomic mass is 9.95. The van der Waals surface area contributed by atoms with Crippen molar-refractivity contribution in [1.82, 2.24) is 4.90 Å². The zero-order valence-electron chi connectivity index (χ0n) is 14.0. The molecule has 126 valence electrons. The maximum atomic E-state index is 12.4. The molecule has 5 nitrogen and oxygen atoms in total. The highest BCUT2D eigenvalue weighted by Crippen LogP contribution is 2.31. The fourth-order valence-corrected chi connectivity index (χ4v) is 3.32. The number of amides is 2. The van der Waals surface area contributed by atoms with Gasteiger partial charge in [-0.25, -0.2) is 0 Å². The Bertz CT molecular complexity index is 555. The molecule has 1 aromatic carbocycles. The number of nitrogens with one attached hydrogen (secondary N) is 1. The summed E-state index contributed by atoms with van der Waals surface area (Å²) in [5.74, 6) is 0.273. The monoisotopic (exact) mass is 317 g/mol. The second-order valence-electron chi connectivity index (χ2n) is 6.08. The van der Waals surface area contributed by atoms with E-state index in [4.69, 9.17) is 5.73 Å². The van der Waals surface area contributed by atoms with Crippen LogP contribution in [0.15, 0.2) is 24.3 Å². The van der Waals surface area contributed by atoms with Crippen molar-refractivity contribution in [2.75, 3.05) is 25.0 Å². The van der Waals surface area contributed by atoms with Crippen molar-refractivity contribution in [3.05, 3.63) is 29.8 Å². The Kier molecular flexibility index (Phi) is 6.16. The van der Waals surface area contributed by atoms with Crippen LogP contribution in [-0.4, -0.2) is 36.3 Å². The van der Waals surface area contributed by atoms with Crippen LogP contribution in [0.4, 0.5) is 5.69 Å². The molecule has 0 saturated heterocycles. The summed E-state index contributed by atoms with van der Waals surface area (Å²) in [6.07, 6.45) is 2.97. The zero-order chi connectivity index (χ0) is 16.8. The molecule has 0 radical (unpaired) electrons. The molecule has 1 aliphatic rings. The van der Waals surface area contributed by atoms with E-state index in [-0.39, 0.29) is 23.7 Å². The molecule has 23 heavy (non-hydrogen) atoms. The molecule has 2 rings (SSSR count). The van der Waals surface area contributed by atoms with Gasteiger partial charge in [-0.05, 0) is 57.4 Å². The predicted molar refractivity (Wildman–Crippen MR) is 92.2 cm³/mol. The second-order valence-corrected chi connectivity index (χ2v) is 6.08. The Labute approximate surface area is 138 Å². The Morgan fingerprint density at radius 1 is 1.26 bits per heavy atom. The standard InChI is InChI=1S/C18H27N3O2/c1-3-21(4-2)18(23)13-7-5-9-15(11-13)20-17(22)16-10-6-8-14(16)12-19/h5,7,9,11,14,16H,3-4,6,8,10,12,19H2,1-2H3,(H,20,22)/t14-,16-/m1/s1. The van der Waals surface area contributed by atoms with Crippen molar-refractivity contribution in [1.29, 1.82) is 0 Å². The topological polar surface area (TPSA) is 75.4 Å². The molecule has 1 fully saturated rings. The summed E-state index contributed by atoms with van der Waals surface area (Å²) in [5, 5.41) is 2.95. The lowest BCUT2D eigenvalue weighted by Crippen LogP contribution is -2.31. The van der Waals surface area contributed by atoms with Crippen molar-refractivity contribution in [3.63, 3.8) is 0 Å². The van der Waals surface area contributed by atoms with E-state index in [1.165, 1.54) is 0 Å². The van der Waals surface area contributed by atoms with Crippen LogP contribution in [-0.2, 0) is 4.79 Å². The second kappa shape index (κ2) is 8.11. The summed E-state index contributed by atoms with van der Waals surface area (Å²) in [6, 6.07) is 7.17. The van der Waals surface area contributed by atoms with Gasteiger partial charge in [-0.1, -0.05) is 12.5 Å². The number of nitrogens with two attached hydrogens (primary N) is 1. The number of anilines is 1. The van der Waals surface area contributed by atoms with Gasteiger partial charge in [0.2, 0.25) is 5.91 Å². The molecule has 0 bridgehead atoms. The molecule has 0 unspecified atom stereocenters. The fraction of sp³-hybridized carbons (Fsp3) is 0.556. The number of hydrogen-bond acceptors (Lipinski definition) is 3. The largest absolute Gasteiger partial charge is 0.339 e. The van der Waals surface area contributed by atoms with Crippen molar-refractivity contribution >= 4 is 17.5 Å². The van der Waals surface area contributed by atoms with Crippen LogP contribution in [0.25, 0.3) is 0 Å². The summed E-state index contributed by atoms with van der Waals surface area (Å²) in [7, 11) is 0. The van der Waals surface area contributed by atoms with E-state index >= 15 is 0 Å². The fourth-order valence-electron chi connectivity index (χ4n) is 3.32. The molecule has 1 saturated carbocycles. The van der Waals surface area contributed by atoms with Gasteiger partial charge in [0.25, 0.3) is 5.91 Å². The number of benzene rings is 1. The minimum atomic E-state index is -0.0119. The first-order valence-corrected chi connectivity index (χ1v) is 8.50. The summed E-state index contributed by atoms with van der Waals surface area (Å²) >= 11 is 0. The smallest absolute Gasteiger partial charge is 0.253 e. The molecule has 5 heteroatoms. The van der Waals surface area contributed by atoms with Gasteiger partial charge in [0.15, 0.2) is 0 Å². The lowest BCUT2D eigenvalue weighted by Gasteiger charge is -2.20. The summed E-state index contributed by atoms with van der Waals surface area (Å²) in [5.41, 5.74) is 7.03. The molecule has 3 N–H and O–H groups in total. The molecule has 2 amide bonds. The van der Waals surface area contributed by atoms with Gasteiger partial charge in [-0.2, -0.15) is 0 Å². The first kappa shape index (κ1) is 17.5. The highest BCUT2D eigenvalue weighted by Gasteiger charge is 2.31.